The first-order valence-corrected chi connectivity index (χ1v) is 5.69. The first-order chi connectivity index (χ1) is 7.06. The quantitative estimate of drug-likeness (QED) is 0.377. The second-order valence-corrected chi connectivity index (χ2v) is 4.10. The molecule has 0 saturated heterocycles. The van der Waals surface area contributed by atoms with Crippen LogP contribution in [0.1, 0.15) is 18.1 Å². The summed E-state index contributed by atoms with van der Waals surface area (Å²) in [5.41, 5.74) is 6.22. The highest BCUT2D eigenvalue weighted by Gasteiger charge is 2.20. The van der Waals surface area contributed by atoms with Gasteiger partial charge in [-0.15, -0.1) is 0 Å². The topological polar surface area (TPSA) is 86.7 Å². The molecule has 0 heterocycles. The van der Waals surface area contributed by atoms with Crippen LogP contribution in [0.2, 0.25) is 0 Å². The predicted octanol–water partition coefficient (Wildman–Crippen LogP) is 1.15. The van der Waals surface area contributed by atoms with Crippen LogP contribution in [0.3, 0.4) is 0 Å². The van der Waals surface area contributed by atoms with E-state index in [2.05, 4.69) is 15.9 Å². The molecule has 5 heteroatoms. The Labute approximate surface area is 96.5 Å². The number of aromatic hydroxyl groups is 1. The zero-order chi connectivity index (χ0) is 11.4. The number of phenolic OH excluding ortho intramolecular Hbond substituents is 1. The highest BCUT2D eigenvalue weighted by Crippen LogP contribution is 2.29. The summed E-state index contributed by atoms with van der Waals surface area (Å²) in [7, 11) is 0. The Hall–Kier alpha value is -0.780. The summed E-state index contributed by atoms with van der Waals surface area (Å²) in [6.07, 6.45) is -1.64. The fourth-order valence-corrected chi connectivity index (χ4v) is 1.76. The van der Waals surface area contributed by atoms with Crippen molar-refractivity contribution in [2.75, 3.05) is 11.1 Å². The molecule has 15 heavy (non-hydrogen) atoms. The highest BCUT2D eigenvalue weighted by molar-refractivity contribution is 9.09. The maximum atomic E-state index is 9.74. The van der Waals surface area contributed by atoms with E-state index in [9.17, 15) is 15.3 Å². The average molecular weight is 276 g/mol. The van der Waals surface area contributed by atoms with Gasteiger partial charge < -0.3 is 21.1 Å². The Bertz CT molecular complexity index is 332. The molecule has 84 valence electrons. The Morgan fingerprint density at radius 1 is 1.33 bits per heavy atom. The van der Waals surface area contributed by atoms with Gasteiger partial charge in [-0.25, -0.2) is 0 Å². The molecule has 2 atom stereocenters. The van der Waals surface area contributed by atoms with Crippen molar-refractivity contribution in [1.82, 2.24) is 0 Å². The van der Waals surface area contributed by atoms with E-state index in [0.29, 0.717) is 17.4 Å². The van der Waals surface area contributed by atoms with Gasteiger partial charge in [-0.1, -0.05) is 15.9 Å². The lowest BCUT2D eigenvalue weighted by molar-refractivity contribution is 0.0161. The molecule has 2 unspecified atom stereocenters. The van der Waals surface area contributed by atoms with Crippen molar-refractivity contribution in [1.29, 1.82) is 0 Å². The van der Waals surface area contributed by atoms with Crippen LogP contribution < -0.4 is 5.73 Å². The molecule has 5 N–H and O–H groups in total. The van der Waals surface area contributed by atoms with Crippen molar-refractivity contribution in [3.05, 3.63) is 23.8 Å². The zero-order valence-corrected chi connectivity index (χ0v) is 9.68. The normalized spacial score (nSPS) is 14.9. The van der Waals surface area contributed by atoms with Crippen LogP contribution in [0, 0.1) is 0 Å². The number of anilines is 1. The van der Waals surface area contributed by atoms with Gasteiger partial charge in [-0.05, 0) is 24.6 Å². The van der Waals surface area contributed by atoms with E-state index in [0.717, 1.165) is 0 Å². The molecule has 0 bridgehead atoms. The number of aliphatic hydroxyl groups excluding tert-OH is 2. The van der Waals surface area contributed by atoms with E-state index in [1.807, 2.05) is 0 Å². The Morgan fingerprint density at radius 2 is 2.00 bits per heavy atom. The third-order valence-electron chi connectivity index (χ3n) is 2.14. The molecule has 1 aromatic rings. The van der Waals surface area contributed by atoms with Gasteiger partial charge in [0.25, 0.3) is 0 Å². The Morgan fingerprint density at radius 3 is 2.60 bits per heavy atom. The van der Waals surface area contributed by atoms with Crippen molar-refractivity contribution in [2.45, 2.75) is 18.6 Å². The van der Waals surface area contributed by atoms with Crippen molar-refractivity contribution in [3.8, 4) is 5.75 Å². The Balaban J connectivity index is 2.89. The van der Waals surface area contributed by atoms with Crippen molar-refractivity contribution >= 4 is 21.6 Å². The monoisotopic (exact) mass is 275 g/mol. The lowest BCUT2D eigenvalue weighted by atomic mass is 10.0. The van der Waals surface area contributed by atoms with Gasteiger partial charge in [0, 0.05) is 16.6 Å². The van der Waals surface area contributed by atoms with Crippen molar-refractivity contribution < 1.29 is 15.3 Å². The minimum atomic E-state index is -1.12. The van der Waals surface area contributed by atoms with Crippen LogP contribution in [-0.2, 0) is 0 Å². The summed E-state index contributed by atoms with van der Waals surface area (Å²) >= 11 is 3.17. The third kappa shape index (κ3) is 3.09. The van der Waals surface area contributed by atoms with Gasteiger partial charge >= 0.3 is 0 Å². The molecule has 0 amide bonds. The van der Waals surface area contributed by atoms with Gasteiger partial charge in [0.15, 0.2) is 0 Å². The van der Waals surface area contributed by atoms with Crippen LogP contribution in [-0.4, -0.2) is 26.8 Å². The minimum absolute atomic E-state index is 0.0645. The van der Waals surface area contributed by atoms with E-state index in [1.165, 1.54) is 18.2 Å². The van der Waals surface area contributed by atoms with Crippen LogP contribution >= 0.6 is 15.9 Å². The van der Waals surface area contributed by atoms with Gasteiger partial charge in [-0.3, -0.25) is 0 Å². The number of hydrogen-bond donors (Lipinski definition) is 4. The van der Waals surface area contributed by atoms with E-state index in [-0.39, 0.29) is 11.3 Å². The van der Waals surface area contributed by atoms with Gasteiger partial charge in [0.2, 0.25) is 0 Å². The number of hydrogen-bond acceptors (Lipinski definition) is 4. The zero-order valence-electron chi connectivity index (χ0n) is 8.10. The first kappa shape index (κ1) is 12.3. The maximum Gasteiger partial charge on any atom is 0.121 e. The summed E-state index contributed by atoms with van der Waals surface area (Å²) in [6.45, 7) is 0. The molecule has 0 fully saturated rings. The molecule has 4 nitrogen and oxygen atoms in total. The fourth-order valence-electron chi connectivity index (χ4n) is 1.29. The SMILES string of the molecule is Nc1ccc(O)c(C(O)C(O)CCBr)c1. The molecule has 1 rings (SSSR count). The molecular weight excluding hydrogens is 262 g/mol. The summed E-state index contributed by atoms with van der Waals surface area (Å²) in [5.74, 6) is -0.0645. The lowest BCUT2D eigenvalue weighted by Gasteiger charge is -2.18. The molecule has 0 aromatic heterocycles. The molecular formula is C10H14BrNO3. The smallest absolute Gasteiger partial charge is 0.121 e. The summed E-state index contributed by atoms with van der Waals surface area (Å²) in [6, 6.07) is 4.38. The van der Waals surface area contributed by atoms with E-state index < -0.39 is 12.2 Å². The molecule has 1 aromatic carbocycles. The predicted molar refractivity (Wildman–Crippen MR) is 61.9 cm³/mol. The van der Waals surface area contributed by atoms with Crippen molar-refractivity contribution in [3.63, 3.8) is 0 Å². The second-order valence-electron chi connectivity index (χ2n) is 3.31. The fraction of sp³-hybridized carbons (Fsp3) is 0.400. The van der Waals surface area contributed by atoms with Gasteiger partial charge in [0.1, 0.15) is 11.9 Å². The number of halogens is 1. The number of nitrogens with two attached hydrogens (primary N) is 1. The van der Waals surface area contributed by atoms with E-state index in [1.54, 1.807) is 0 Å². The summed E-state index contributed by atoms with van der Waals surface area (Å²) in [4.78, 5) is 0. The molecule has 0 radical (unpaired) electrons. The number of alkyl halides is 1. The van der Waals surface area contributed by atoms with Gasteiger partial charge in [0.05, 0.1) is 6.10 Å². The summed E-state index contributed by atoms with van der Waals surface area (Å²) in [5, 5.41) is 29.4. The van der Waals surface area contributed by atoms with Crippen LogP contribution in [0.5, 0.6) is 5.75 Å². The first-order valence-electron chi connectivity index (χ1n) is 4.56. The largest absolute Gasteiger partial charge is 0.508 e. The number of nitrogen functional groups attached to an aromatic ring is 1. The Kier molecular flexibility index (Phi) is 4.38. The standard InChI is InChI=1S/C10H14BrNO3/c11-4-3-9(14)10(15)7-5-6(12)1-2-8(7)13/h1-2,5,9-10,13-15H,3-4,12H2. The molecule has 0 spiro atoms. The molecule has 0 aliphatic carbocycles. The van der Waals surface area contributed by atoms with Crippen LogP contribution in [0.25, 0.3) is 0 Å². The molecule has 0 aliphatic rings. The van der Waals surface area contributed by atoms with E-state index in [4.69, 9.17) is 5.73 Å². The minimum Gasteiger partial charge on any atom is -0.508 e. The van der Waals surface area contributed by atoms with Crippen LogP contribution in [0.15, 0.2) is 18.2 Å². The van der Waals surface area contributed by atoms with Gasteiger partial charge in [-0.2, -0.15) is 0 Å². The lowest BCUT2D eigenvalue weighted by Crippen LogP contribution is -2.18. The second kappa shape index (κ2) is 5.34. The molecule has 0 aliphatic heterocycles. The third-order valence-corrected chi connectivity index (χ3v) is 2.60. The molecule has 0 saturated carbocycles. The number of benzene rings is 1. The average Bonchev–Trinajstić information content (AvgIpc) is 2.21. The highest BCUT2D eigenvalue weighted by atomic mass is 79.9. The number of rotatable bonds is 4. The van der Waals surface area contributed by atoms with Crippen molar-refractivity contribution in [2.24, 2.45) is 0 Å². The summed E-state index contributed by atoms with van der Waals surface area (Å²) < 4.78 is 0. The maximum absolute atomic E-state index is 9.74. The van der Waals surface area contributed by atoms with E-state index >= 15 is 0 Å². The van der Waals surface area contributed by atoms with Crippen LogP contribution in [0.4, 0.5) is 5.69 Å². The number of aliphatic hydroxyl groups is 2. The number of phenols is 1.